The molecule has 0 fully saturated rings. The number of carboxylic acids is 1. The van der Waals surface area contributed by atoms with Gasteiger partial charge in [-0.1, -0.05) is 24.6 Å². The number of aliphatic carboxylic acids is 1. The molecule has 0 bridgehead atoms. The summed E-state index contributed by atoms with van der Waals surface area (Å²) in [5.74, 6) is -1.41. The molecular formula is C10H10ClNO5. The summed E-state index contributed by atoms with van der Waals surface area (Å²) in [7, 11) is 0. The highest BCUT2D eigenvalue weighted by atomic mass is 35.5. The molecule has 1 N–H and O–H groups in total. The molecule has 0 amide bonds. The van der Waals surface area contributed by atoms with Gasteiger partial charge in [-0.05, 0) is 12.5 Å². The summed E-state index contributed by atoms with van der Waals surface area (Å²) in [5.41, 5.74) is -0.350. The number of nitro benzene ring substituents is 1. The van der Waals surface area contributed by atoms with Gasteiger partial charge >= 0.3 is 11.7 Å². The Bertz CT molecular complexity index is 448. The Morgan fingerprint density at radius 2 is 2.29 bits per heavy atom. The number of para-hydroxylation sites is 1. The van der Waals surface area contributed by atoms with E-state index < -0.39 is 17.0 Å². The number of rotatable bonds is 5. The number of carbonyl (C=O) groups is 1. The third kappa shape index (κ3) is 3.07. The zero-order chi connectivity index (χ0) is 13.0. The van der Waals surface area contributed by atoms with E-state index in [2.05, 4.69) is 0 Å². The molecule has 0 aliphatic carbocycles. The Labute approximate surface area is 102 Å². The fourth-order valence-electron chi connectivity index (χ4n) is 1.21. The fraction of sp³-hybridized carbons (Fsp3) is 0.300. The van der Waals surface area contributed by atoms with Gasteiger partial charge in [-0.3, -0.25) is 10.1 Å². The first-order valence-corrected chi connectivity index (χ1v) is 5.17. The Morgan fingerprint density at radius 1 is 1.65 bits per heavy atom. The van der Waals surface area contributed by atoms with Crippen LogP contribution in [-0.2, 0) is 4.79 Å². The highest BCUT2D eigenvalue weighted by Crippen LogP contribution is 2.35. The van der Waals surface area contributed by atoms with E-state index in [1.54, 1.807) is 6.92 Å². The van der Waals surface area contributed by atoms with Crippen LogP contribution in [-0.4, -0.2) is 22.1 Å². The molecule has 0 aliphatic rings. The second kappa shape index (κ2) is 5.49. The van der Waals surface area contributed by atoms with Crippen molar-refractivity contribution in [2.75, 3.05) is 0 Å². The topological polar surface area (TPSA) is 89.7 Å². The Hall–Kier alpha value is -1.82. The first kappa shape index (κ1) is 13.2. The molecule has 6 nitrogen and oxygen atoms in total. The first-order valence-electron chi connectivity index (χ1n) is 4.79. The lowest BCUT2D eigenvalue weighted by atomic mass is 10.2. The average molecular weight is 260 g/mol. The number of ether oxygens (including phenoxy) is 1. The quantitative estimate of drug-likeness (QED) is 0.648. The molecule has 92 valence electrons. The van der Waals surface area contributed by atoms with Crippen molar-refractivity contribution in [3.63, 3.8) is 0 Å². The minimum atomic E-state index is -1.19. The zero-order valence-corrected chi connectivity index (χ0v) is 9.68. The van der Waals surface area contributed by atoms with Crippen molar-refractivity contribution in [2.45, 2.75) is 19.4 Å². The fourth-order valence-corrected chi connectivity index (χ4v) is 1.42. The van der Waals surface area contributed by atoms with Gasteiger partial charge in [0.05, 0.1) is 9.95 Å². The van der Waals surface area contributed by atoms with Gasteiger partial charge in [0.2, 0.25) is 5.75 Å². The summed E-state index contributed by atoms with van der Waals surface area (Å²) in [4.78, 5) is 20.9. The minimum Gasteiger partial charge on any atom is -0.479 e. The van der Waals surface area contributed by atoms with Crippen molar-refractivity contribution in [3.8, 4) is 5.75 Å². The van der Waals surface area contributed by atoms with Gasteiger partial charge in [0.1, 0.15) is 0 Å². The molecule has 1 atom stereocenters. The average Bonchev–Trinajstić information content (AvgIpc) is 2.26. The molecular weight excluding hydrogens is 250 g/mol. The monoisotopic (exact) mass is 259 g/mol. The molecule has 1 aromatic carbocycles. The van der Waals surface area contributed by atoms with E-state index in [9.17, 15) is 14.9 Å². The van der Waals surface area contributed by atoms with Crippen LogP contribution >= 0.6 is 11.6 Å². The van der Waals surface area contributed by atoms with Gasteiger partial charge in [0, 0.05) is 6.07 Å². The summed E-state index contributed by atoms with van der Waals surface area (Å²) in [6.07, 6.45) is -0.980. The van der Waals surface area contributed by atoms with Gasteiger partial charge in [0.15, 0.2) is 6.10 Å². The molecule has 0 radical (unpaired) electrons. The third-order valence-corrected chi connectivity index (χ3v) is 2.35. The predicted octanol–water partition coefficient (Wildman–Crippen LogP) is 2.49. The molecule has 1 unspecified atom stereocenters. The van der Waals surface area contributed by atoms with E-state index in [0.29, 0.717) is 0 Å². The molecule has 0 spiro atoms. The van der Waals surface area contributed by atoms with Crippen LogP contribution in [0.3, 0.4) is 0 Å². The lowest BCUT2D eigenvalue weighted by Gasteiger charge is -2.13. The number of nitro groups is 1. The molecule has 1 aromatic rings. The molecule has 0 saturated heterocycles. The summed E-state index contributed by atoms with van der Waals surface area (Å²) in [5, 5.41) is 19.6. The SMILES string of the molecule is CCC(Oc1c(Cl)cccc1[N+](=O)[O-])C(=O)O. The van der Waals surface area contributed by atoms with Gasteiger partial charge < -0.3 is 9.84 Å². The first-order chi connectivity index (χ1) is 7.97. The highest BCUT2D eigenvalue weighted by molar-refractivity contribution is 6.32. The van der Waals surface area contributed by atoms with Crippen LogP contribution < -0.4 is 4.74 Å². The van der Waals surface area contributed by atoms with E-state index in [-0.39, 0.29) is 22.9 Å². The lowest BCUT2D eigenvalue weighted by Crippen LogP contribution is -2.26. The van der Waals surface area contributed by atoms with Crippen molar-refractivity contribution in [1.82, 2.24) is 0 Å². The van der Waals surface area contributed by atoms with Crippen molar-refractivity contribution < 1.29 is 19.6 Å². The van der Waals surface area contributed by atoms with E-state index in [1.807, 2.05) is 0 Å². The molecule has 7 heteroatoms. The zero-order valence-electron chi connectivity index (χ0n) is 8.92. The van der Waals surface area contributed by atoms with Gasteiger partial charge in [0.25, 0.3) is 0 Å². The van der Waals surface area contributed by atoms with Gasteiger partial charge in [-0.25, -0.2) is 4.79 Å². The van der Waals surface area contributed by atoms with E-state index >= 15 is 0 Å². The largest absolute Gasteiger partial charge is 0.479 e. The smallest absolute Gasteiger partial charge is 0.344 e. The van der Waals surface area contributed by atoms with Crippen LogP contribution in [0.4, 0.5) is 5.69 Å². The normalized spacial score (nSPS) is 11.9. The molecule has 1 rings (SSSR count). The van der Waals surface area contributed by atoms with Crippen LogP contribution in [0.25, 0.3) is 0 Å². The van der Waals surface area contributed by atoms with Crippen molar-refractivity contribution in [2.24, 2.45) is 0 Å². The Kier molecular flexibility index (Phi) is 4.28. The van der Waals surface area contributed by atoms with E-state index in [1.165, 1.54) is 18.2 Å². The summed E-state index contributed by atoms with van der Waals surface area (Å²) in [6, 6.07) is 4.00. The predicted molar refractivity (Wildman–Crippen MR) is 60.4 cm³/mol. The molecule has 0 saturated carbocycles. The maximum absolute atomic E-state index is 10.8. The number of carboxylic acid groups (broad SMARTS) is 1. The van der Waals surface area contributed by atoms with Crippen LogP contribution in [0.15, 0.2) is 18.2 Å². The second-order valence-electron chi connectivity index (χ2n) is 3.20. The molecule has 0 aliphatic heterocycles. The maximum Gasteiger partial charge on any atom is 0.344 e. The molecule has 17 heavy (non-hydrogen) atoms. The minimum absolute atomic E-state index is 0.0129. The maximum atomic E-state index is 10.8. The third-order valence-electron chi connectivity index (χ3n) is 2.05. The number of benzene rings is 1. The van der Waals surface area contributed by atoms with Crippen molar-refractivity contribution >= 4 is 23.3 Å². The van der Waals surface area contributed by atoms with Crippen LogP contribution in [0.2, 0.25) is 5.02 Å². The molecule has 0 aromatic heterocycles. The number of hydrogen-bond donors (Lipinski definition) is 1. The number of nitrogens with zero attached hydrogens (tertiary/aromatic N) is 1. The van der Waals surface area contributed by atoms with Crippen LogP contribution in [0.5, 0.6) is 5.75 Å². The summed E-state index contributed by atoms with van der Waals surface area (Å²) in [6.45, 7) is 1.60. The number of hydrogen-bond acceptors (Lipinski definition) is 4. The molecule has 0 heterocycles. The van der Waals surface area contributed by atoms with Crippen molar-refractivity contribution in [1.29, 1.82) is 0 Å². The standard InChI is InChI=1S/C10H10ClNO5/c1-2-8(10(13)14)17-9-6(11)4-3-5-7(9)12(15)16/h3-5,8H,2H2,1H3,(H,13,14). The highest BCUT2D eigenvalue weighted by Gasteiger charge is 2.24. The number of halogens is 1. The van der Waals surface area contributed by atoms with Gasteiger partial charge in [-0.15, -0.1) is 0 Å². The van der Waals surface area contributed by atoms with E-state index in [4.69, 9.17) is 21.4 Å². The Morgan fingerprint density at radius 3 is 2.76 bits per heavy atom. The summed E-state index contributed by atoms with van der Waals surface area (Å²) >= 11 is 5.76. The van der Waals surface area contributed by atoms with Crippen molar-refractivity contribution in [3.05, 3.63) is 33.3 Å². The van der Waals surface area contributed by atoms with Crippen LogP contribution in [0.1, 0.15) is 13.3 Å². The summed E-state index contributed by atoms with van der Waals surface area (Å²) < 4.78 is 5.08. The second-order valence-corrected chi connectivity index (χ2v) is 3.61. The van der Waals surface area contributed by atoms with E-state index in [0.717, 1.165) is 0 Å². The lowest BCUT2D eigenvalue weighted by molar-refractivity contribution is -0.386. The Balaban J connectivity index is 3.12. The van der Waals surface area contributed by atoms with Gasteiger partial charge in [-0.2, -0.15) is 0 Å². The van der Waals surface area contributed by atoms with Crippen LogP contribution in [0, 0.1) is 10.1 Å².